The SMILES string of the molecule is Cc1cc(Cl)ccc1OCC(=O)NNC(=S)NC(=O)CCc1ccccc1. The number of rotatable bonds is 6. The molecule has 0 aliphatic carbocycles. The molecule has 0 unspecified atom stereocenters. The molecule has 0 fully saturated rings. The van der Waals surface area contributed by atoms with Crippen LogP contribution in [0.15, 0.2) is 48.5 Å². The van der Waals surface area contributed by atoms with Crippen molar-refractivity contribution in [1.82, 2.24) is 16.2 Å². The van der Waals surface area contributed by atoms with Gasteiger partial charge in [-0.25, -0.2) is 0 Å². The number of nitrogens with one attached hydrogen (secondary N) is 3. The summed E-state index contributed by atoms with van der Waals surface area (Å²) in [7, 11) is 0. The van der Waals surface area contributed by atoms with E-state index in [2.05, 4.69) is 16.2 Å². The van der Waals surface area contributed by atoms with Crippen molar-refractivity contribution < 1.29 is 14.3 Å². The maximum atomic E-state index is 11.9. The number of carbonyl (C=O) groups is 2. The molecule has 0 saturated carbocycles. The van der Waals surface area contributed by atoms with Crippen LogP contribution in [0.2, 0.25) is 5.02 Å². The lowest BCUT2D eigenvalue weighted by Gasteiger charge is -2.12. The van der Waals surface area contributed by atoms with E-state index in [0.717, 1.165) is 11.1 Å². The van der Waals surface area contributed by atoms with E-state index in [-0.39, 0.29) is 17.6 Å². The average Bonchev–Trinajstić information content (AvgIpc) is 2.65. The number of hydrogen-bond acceptors (Lipinski definition) is 4. The van der Waals surface area contributed by atoms with Crippen molar-refractivity contribution >= 4 is 40.7 Å². The van der Waals surface area contributed by atoms with Crippen molar-refractivity contribution in [2.45, 2.75) is 19.8 Å². The zero-order chi connectivity index (χ0) is 19.6. The van der Waals surface area contributed by atoms with Crippen molar-refractivity contribution in [2.24, 2.45) is 0 Å². The molecule has 0 radical (unpaired) electrons. The molecule has 0 aliphatic heterocycles. The summed E-state index contributed by atoms with van der Waals surface area (Å²) in [6.45, 7) is 1.62. The minimum Gasteiger partial charge on any atom is -0.483 e. The van der Waals surface area contributed by atoms with Crippen molar-refractivity contribution in [3.63, 3.8) is 0 Å². The van der Waals surface area contributed by atoms with Gasteiger partial charge in [-0.3, -0.25) is 20.4 Å². The van der Waals surface area contributed by atoms with Crippen molar-refractivity contribution in [3.8, 4) is 5.75 Å². The normalized spacial score (nSPS) is 10.0. The van der Waals surface area contributed by atoms with Crippen LogP contribution in [0, 0.1) is 6.92 Å². The van der Waals surface area contributed by atoms with E-state index in [0.29, 0.717) is 23.6 Å². The number of carbonyl (C=O) groups excluding carboxylic acids is 2. The summed E-state index contributed by atoms with van der Waals surface area (Å²) in [5.41, 5.74) is 6.73. The van der Waals surface area contributed by atoms with Gasteiger partial charge in [0.05, 0.1) is 0 Å². The number of hydrazine groups is 1. The summed E-state index contributed by atoms with van der Waals surface area (Å²) in [6, 6.07) is 14.8. The monoisotopic (exact) mass is 405 g/mol. The Balaban J connectivity index is 1.65. The molecule has 0 bridgehead atoms. The minimum atomic E-state index is -0.440. The van der Waals surface area contributed by atoms with Gasteiger partial charge < -0.3 is 10.1 Å². The summed E-state index contributed by atoms with van der Waals surface area (Å²) in [5.74, 6) is -0.116. The van der Waals surface area contributed by atoms with E-state index in [1.807, 2.05) is 37.3 Å². The van der Waals surface area contributed by atoms with Gasteiger partial charge in [0.2, 0.25) is 5.91 Å². The lowest BCUT2D eigenvalue weighted by atomic mass is 10.1. The molecule has 3 N–H and O–H groups in total. The molecule has 2 aromatic carbocycles. The summed E-state index contributed by atoms with van der Waals surface area (Å²) >= 11 is 10.8. The molecule has 27 heavy (non-hydrogen) atoms. The maximum absolute atomic E-state index is 11.9. The number of halogens is 1. The largest absolute Gasteiger partial charge is 0.483 e. The Bertz CT molecular complexity index is 815. The Hall–Kier alpha value is -2.64. The van der Waals surface area contributed by atoms with E-state index in [4.69, 9.17) is 28.6 Å². The molecule has 0 atom stereocenters. The quantitative estimate of drug-likeness (QED) is 0.508. The highest BCUT2D eigenvalue weighted by Gasteiger charge is 2.08. The molecule has 8 heteroatoms. The van der Waals surface area contributed by atoms with Crippen LogP contribution in [-0.2, 0) is 16.0 Å². The van der Waals surface area contributed by atoms with E-state index in [9.17, 15) is 9.59 Å². The third-order valence-corrected chi connectivity index (χ3v) is 3.99. The van der Waals surface area contributed by atoms with Gasteiger partial charge in [0, 0.05) is 11.4 Å². The molecule has 0 saturated heterocycles. The molecule has 0 aliphatic rings. The van der Waals surface area contributed by atoms with E-state index >= 15 is 0 Å². The van der Waals surface area contributed by atoms with Gasteiger partial charge in [0.15, 0.2) is 11.7 Å². The Morgan fingerprint density at radius 1 is 1.07 bits per heavy atom. The summed E-state index contributed by atoms with van der Waals surface area (Å²) in [5, 5.41) is 3.12. The fourth-order valence-corrected chi connectivity index (χ4v) is 2.60. The molecule has 6 nitrogen and oxygen atoms in total. The van der Waals surface area contributed by atoms with Crippen molar-refractivity contribution in [1.29, 1.82) is 0 Å². The molecule has 0 heterocycles. The Labute approximate surface area is 168 Å². The lowest BCUT2D eigenvalue weighted by molar-refractivity contribution is -0.124. The van der Waals surface area contributed by atoms with Crippen molar-refractivity contribution in [2.75, 3.05) is 6.61 Å². The van der Waals surface area contributed by atoms with Crippen molar-refractivity contribution in [3.05, 3.63) is 64.7 Å². The maximum Gasteiger partial charge on any atom is 0.276 e. The molecule has 2 amide bonds. The third kappa shape index (κ3) is 7.64. The summed E-state index contributed by atoms with van der Waals surface area (Å²) < 4.78 is 5.41. The predicted octanol–water partition coefficient (Wildman–Crippen LogP) is 2.68. The number of hydrogen-bond donors (Lipinski definition) is 3. The highest BCUT2D eigenvalue weighted by atomic mass is 35.5. The number of benzene rings is 2. The smallest absolute Gasteiger partial charge is 0.276 e. The van der Waals surface area contributed by atoms with Crippen LogP contribution in [0.25, 0.3) is 0 Å². The van der Waals surface area contributed by atoms with Gasteiger partial charge in [0.1, 0.15) is 5.75 Å². The van der Waals surface area contributed by atoms with Crippen LogP contribution >= 0.6 is 23.8 Å². The minimum absolute atomic E-state index is 0.0177. The first-order valence-corrected chi connectivity index (χ1v) is 9.04. The fourth-order valence-electron chi connectivity index (χ4n) is 2.20. The van der Waals surface area contributed by atoms with Crippen LogP contribution in [0.5, 0.6) is 5.75 Å². The third-order valence-electron chi connectivity index (χ3n) is 3.55. The number of thiocarbonyl (C=S) groups is 1. The predicted molar refractivity (Wildman–Crippen MR) is 108 cm³/mol. The molecule has 2 aromatic rings. The zero-order valence-corrected chi connectivity index (χ0v) is 16.3. The van der Waals surface area contributed by atoms with Crippen LogP contribution in [0.3, 0.4) is 0 Å². The summed E-state index contributed by atoms with van der Waals surface area (Å²) in [4.78, 5) is 23.7. The first-order chi connectivity index (χ1) is 12.9. The number of ether oxygens (including phenoxy) is 1. The summed E-state index contributed by atoms with van der Waals surface area (Å²) in [6.07, 6.45) is 0.897. The van der Waals surface area contributed by atoms with E-state index in [1.54, 1.807) is 18.2 Å². The Morgan fingerprint density at radius 3 is 2.52 bits per heavy atom. The van der Waals surface area contributed by atoms with Gasteiger partial charge in [-0.2, -0.15) is 0 Å². The average molecular weight is 406 g/mol. The Kier molecular flexibility index (Phi) is 8.03. The van der Waals surface area contributed by atoms with E-state index in [1.165, 1.54) is 0 Å². The molecule has 2 rings (SSSR count). The standard InChI is InChI=1S/C19H20ClN3O3S/c1-13-11-15(20)8-9-16(13)26-12-18(25)22-23-19(27)21-17(24)10-7-14-5-3-2-4-6-14/h2-6,8-9,11H,7,10,12H2,1H3,(H,22,25)(H2,21,23,24,27). The molecular weight excluding hydrogens is 386 g/mol. The van der Waals surface area contributed by atoms with Crippen LogP contribution in [-0.4, -0.2) is 23.5 Å². The lowest BCUT2D eigenvalue weighted by Crippen LogP contribution is -2.49. The number of amides is 2. The molecule has 142 valence electrons. The number of aryl methyl sites for hydroxylation is 2. The Morgan fingerprint density at radius 2 is 1.81 bits per heavy atom. The van der Waals surface area contributed by atoms with Crippen LogP contribution in [0.4, 0.5) is 0 Å². The fraction of sp³-hybridized carbons (Fsp3) is 0.211. The van der Waals surface area contributed by atoms with Crippen LogP contribution < -0.4 is 20.9 Å². The first-order valence-electron chi connectivity index (χ1n) is 8.25. The highest BCUT2D eigenvalue weighted by Crippen LogP contribution is 2.21. The van der Waals surface area contributed by atoms with Crippen LogP contribution in [0.1, 0.15) is 17.5 Å². The van der Waals surface area contributed by atoms with Gasteiger partial charge in [0.25, 0.3) is 5.91 Å². The topological polar surface area (TPSA) is 79.5 Å². The molecule has 0 spiro atoms. The van der Waals surface area contributed by atoms with Gasteiger partial charge in [-0.1, -0.05) is 41.9 Å². The first kappa shape index (κ1) is 20.7. The van der Waals surface area contributed by atoms with Gasteiger partial charge in [-0.05, 0) is 54.9 Å². The van der Waals surface area contributed by atoms with E-state index < -0.39 is 5.91 Å². The zero-order valence-electron chi connectivity index (χ0n) is 14.8. The second-order valence-corrected chi connectivity index (χ2v) is 6.58. The highest BCUT2D eigenvalue weighted by molar-refractivity contribution is 7.80. The van der Waals surface area contributed by atoms with Gasteiger partial charge in [-0.15, -0.1) is 0 Å². The second-order valence-electron chi connectivity index (χ2n) is 5.73. The second kappa shape index (κ2) is 10.5. The molecular formula is C19H20ClN3O3S. The van der Waals surface area contributed by atoms with Gasteiger partial charge >= 0.3 is 0 Å². The molecule has 0 aromatic heterocycles.